The van der Waals surface area contributed by atoms with Crippen molar-refractivity contribution in [3.8, 4) is 0 Å². The van der Waals surface area contributed by atoms with Gasteiger partial charge in [-0.05, 0) is 35.8 Å². The molecule has 1 amide bonds. The minimum absolute atomic E-state index is 0.0173. The molecule has 110 valence electrons. The summed E-state index contributed by atoms with van der Waals surface area (Å²) in [6, 6.07) is 8.30. The second-order valence-corrected chi connectivity index (χ2v) is 6.81. The molecule has 0 aliphatic heterocycles. The van der Waals surface area contributed by atoms with Crippen LogP contribution in [0.1, 0.15) is 38.3 Å². The van der Waals surface area contributed by atoms with Crippen molar-refractivity contribution in [2.75, 3.05) is 6.61 Å². The molecule has 0 bridgehead atoms. The Bertz CT molecular complexity index is 451. The molecular weight excluding hydrogens is 250 g/mol. The first-order valence-electron chi connectivity index (χ1n) is 7.40. The minimum Gasteiger partial charge on any atom is -0.396 e. The summed E-state index contributed by atoms with van der Waals surface area (Å²) < 4.78 is 0. The highest BCUT2D eigenvalue weighted by Gasteiger charge is 2.31. The number of aliphatic hydroxyl groups is 1. The predicted molar refractivity (Wildman–Crippen MR) is 80.4 cm³/mol. The second kappa shape index (κ2) is 5.96. The number of carbonyl (C=O) groups excluding carboxylic acids is 1. The molecular formula is C17H25NO2. The molecule has 0 heterocycles. The van der Waals surface area contributed by atoms with Crippen molar-refractivity contribution in [1.82, 2.24) is 5.32 Å². The summed E-state index contributed by atoms with van der Waals surface area (Å²) >= 11 is 0. The van der Waals surface area contributed by atoms with Gasteiger partial charge in [0.1, 0.15) is 0 Å². The maximum atomic E-state index is 12.5. The van der Waals surface area contributed by atoms with E-state index in [1.165, 1.54) is 11.1 Å². The molecule has 1 aromatic carbocycles. The number of hydrogen-bond acceptors (Lipinski definition) is 2. The fourth-order valence-electron chi connectivity index (χ4n) is 2.88. The van der Waals surface area contributed by atoms with Crippen LogP contribution in [0.5, 0.6) is 0 Å². The quantitative estimate of drug-likeness (QED) is 0.886. The number of benzene rings is 1. The van der Waals surface area contributed by atoms with Crippen LogP contribution >= 0.6 is 0 Å². The second-order valence-electron chi connectivity index (χ2n) is 6.81. The maximum absolute atomic E-state index is 12.5. The number of carbonyl (C=O) groups is 1. The predicted octanol–water partition coefficient (Wildman–Crippen LogP) is 2.31. The highest BCUT2D eigenvalue weighted by Crippen LogP contribution is 2.28. The molecule has 3 nitrogen and oxygen atoms in total. The van der Waals surface area contributed by atoms with Gasteiger partial charge in [0.15, 0.2) is 0 Å². The largest absolute Gasteiger partial charge is 0.396 e. The van der Waals surface area contributed by atoms with Gasteiger partial charge in [-0.15, -0.1) is 0 Å². The van der Waals surface area contributed by atoms with Crippen LogP contribution in [-0.2, 0) is 17.6 Å². The molecule has 0 saturated heterocycles. The smallest absolute Gasteiger partial charge is 0.224 e. The summed E-state index contributed by atoms with van der Waals surface area (Å²) in [5.74, 6) is 0.158. The molecule has 1 aliphatic carbocycles. The first-order chi connectivity index (χ1) is 9.41. The molecule has 0 spiro atoms. The van der Waals surface area contributed by atoms with Crippen molar-refractivity contribution in [2.45, 2.75) is 46.1 Å². The van der Waals surface area contributed by atoms with Gasteiger partial charge in [0.05, 0.1) is 0 Å². The standard InChI is InChI=1S/C17H25NO2/c1-17(2,3)15(8-9-19)18-16(20)14-10-12-6-4-5-7-13(12)11-14/h4-7,14-15,19H,8-11H2,1-3H3,(H,18,20). The summed E-state index contributed by atoms with van der Waals surface area (Å²) in [5, 5.41) is 12.3. The average Bonchev–Trinajstić information content (AvgIpc) is 2.80. The highest BCUT2D eigenvalue weighted by atomic mass is 16.3. The normalized spacial score (nSPS) is 16.8. The molecule has 3 heteroatoms. The lowest BCUT2D eigenvalue weighted by Crippen LogP contribution is -2.46. The van der Waals surface area contributed by atoms with Crippen molar-refractivity contribution < 1.29 is 9.90 Å². The third kappa shape index (κ3) is 3.40. The molecule has 0 saturated carbocycles. The summed E-state index contributed by atoms with van der Waals surface area (Å²) in [4.78, 5) is 12.5. The summed E-state index contributed by atoms with van der Waals surface area (Å²) in [6.07, 6.45) is 2.27. The van der Waals surface area contributed by atoms with E-state index in [0.29, 0.717) is 6.42 Å². The molecule has 2 N–H and O–H groups in total. The summed E-state index contributed by atoms with van der Waals surface area (Å²) in [6.45, 7) is 6.39. The van der Waals surface area contributed by atoms with Gasteiger partial charge >= 0.3 is 0 Å². The van der Waals surface area contributed by atoms with E-state index in [9.17, 15) is 4.79 Å². The number of fused-ring (bicyclic) bond motifs is 1. The van der Waals surface area contributed by atoms with Crippen molar-refractivity contribution >= 4 is 5.91 Å². The van der Waals surface area contributed by atoms with Gasteiger partial charge in [-0.1, -0.05) is 45.0 Å². The zero-order valence-electron chi connectivity index (χ0n) is 12.6. The Labute approximate surface area is 121 Å². The van der Waals surface area contributed by atoms with Crippen LogP contribution in [0.3, 0.4) is 0 Å². The fraction of sp³-hybridized carbons (Fsp3) is 0.588. The first kappa shape index (κ1) is 15.0. The van der Waals surface area contributed by atoms with Gasteiger partial charge in [-0.25, -0.2) is 0 Å². The van der Waals surface area contributed by atoms with E-state index >= 15 is 0 Å². The van der Waals surface area contributed by atoms with Crippen LogP contribution < -0.4 is 5.32 Å². The molecule has 20 heavy (non-hydrogen) atoms. The Morgan fingerprint density at radius 1 is 1.30 bits per heavy atom. The number of nitrogens with one attached hydrogen (secondary N) is 1. The number of aliphatic hydroxyl groups excluding tert-OH is 1. The highest BCUT2D eigenvalue weighted by molar-refractivity contribution is 5.80. The van der Waals surface area contributed by atoms with Crippen LogP contribution in [0.25, 0.3) is 0 Å². The molecule has 1 aliphatic rings. The Morgan fingerprint density at radius 3 is 2.30 bits per heavy atom. The molecule has 2 rings (SSSR count). The van der Waals surface area contributed by atoms with Crippen molar-refractivity contribution in [3.63, 3.8) is 0 Å². The van der Waals surface area contributed by atoms with E-state index < -0.39 is 0 Å². The number of amides is 1. The number of rotatable bonds is 4. The maximum Gasteiger partial charge on any atom is 0.224 e. The Balaban J connectivity index is 1.99. The minimum atomic E-state index is -0.0379. The topological polar surface area (TPSA) is 49.3 Å². The third-order valence-corrected chi connectivity index (χ3v) is 4.20. The van der Waals surface area contributed by atoms with Crippen LogP contribution in [0.4, 0.5) is 0 Å². The van der Waals surface area contributed by atoms with Crippen LogP contribution in [0.15, 0.2) is 24.3 Å². The molecule has 1 aromatic rings. The Morgan fingerprint density at radius 2 is 1.85 bits per heavy atom. The van der Waals surface area contributed by atoms with E-state index in [2.05, 4.69) is 38.2 Å². The summed E-state index contributed by atoms with van der Waals surface area (Å²) in [5.41, 5.74) is 2.55. The van der Waals surface area contributed by atoms with E-state index in [1.54, 1.807) is 0 Å². The van der Waals surface area contributed by atoms with Gasteiger partial charge in [0.25, 0.3) is 0 Å². The monoisotopic (exact) mass is 275 g/mol. The molecule has 1 atom stereocenters. The van der Waals surface area contributed by atoms with Crippen LogP contribution in [0, 0.1) is 11.3 Å². The Hall–Kier alpha value is -1.35. The van der Waals surface area contributed by atoms with Gasteiger partial charge in [-0.2, -0.15) is 0 Å². The van der Waals surface area contributed by atoms with Gasteiger partial charge in [-0.3, -0.25) is 4.79 Å². The van der Waals surface area contributed by atoms with Crippen molar-refractivity contribution in [2.24, 2.45) is 11.3 Å². The van der Waals surface area contributed by atoms with Crippen molar-refractivity contribution in [1.29, 1.82) is 0 Å². The number of hydrogen-bond donors (Lipinski definition) is 2. The van der Waals surface area contributed by atoms with Crippen LogP contribution in [0.2, 0.25) is 0 Å². The molecule has 0 aromatic heterocycles. The lowest BCUT2D eigenvalue weighted by Gasteiger charge is -2.32. The first-order valence-corrected chi connectivity index (χ1v) is 7.40. The summed E-state index contributed by atoms with van der Waals surface area (Å²) in [7, 11) is 0. The zero-order chi connectivity index (χ0) is 14.8. The van der Waals surface area contributed by atoms with E-state index in [0.717, 1.165) is 12.8 Å². The van der Waals surface area contributed by atoms with E-state index in [-0.39, 0.29) is 29.9 Å². The molecule has 1 unspecified atom stereocenters. The third-order valence-electron chi connectivity index (χ3n) is 4.20. The van der Waals surface area contributed by atoms with Gasteiger partial charge in [0.2, 0.25) is 5.91 Å². The average molecular weight is 275 g/mol. The lowest BCUT2D eigenvalue weighted by atomic mass is 9.84. The zero-order valence-corrected chi connectivity index (χ0v) is 12.6. The van der Waals surface area contributed by atoms with E-state index in [1.807, 2.05) is 12.1 Å². The fourth-order valence-corrected chi connectivity index (χ4v) is 2.88. The van der Waals surface area contributed by atoms with Gasteiger partial charge < -0.3 is 10.4 Å². The van der Waals surface area contributed by atoms with Crippen molar-refractivity contribution in [3.05, 3.63) is 35.4 Å². The molecule has 0 fully saturated rings. The van der Waals surface area contributed by atoms with Crippen LogP contribution in [-0.4, -0.2) is 23.7 Å². The lowest BCUT2D eigenvalue weighted by molar-refractivity contribution is -0.126. The van der Waals surface area contributed by atoms with Gasteiger partial charge in [0, 0.05) is 18.6 Å². The molecule has 0 radical (unpaired) electrons. The van der Waals surface area contributed by atoms with E-state index in [4.69, 9.17) is 5.11 Å². The Kier molecular flexibility index (Phi) is 4.48. The SMILES string of the molecule is CC(C)(C)C(CCO)NC(=O)C1Cc2ccccc2C1.